The number of amides is 1. The second kappa shape index (κ2) is 5.07. The van der Waals surface area contributed by atoms with Crippen molar-refractivity contribution in [2.45, 2.75) is 38.3 Å². The molecule has 0 aliphatic carbocycles. The van der Waals surface area contributed by atoms with Crippen LogP contribution in [0.15, 0.2) is 0 Å². The van der Waals surface area contributed by atoms with Crippen LogP contribution in [0.5, 0.6) is 0 Å². The third-order valence-electron chi connectivity index (χ3n) is 4.13. The van der Waals surface area contributed by atoms with Gasteiger partial charge >= 0.3 is 6.18 Å². The quantitative estimate of drug-likeness (QED) is 0.826. The summed E-state index contributed by atoms with van der Waals surface area (Å²) in [6.45, 7) is 3.22. The van der Waals surface area contributed by atoms with Crippen LogP contribution in [-0.2, 0) is 4.79 Å². The number of piperidine rings is 1. The molecule has 0 saturated carbocycles. The highest BCUT2D eigenvalue weighted by Gasteiger charge is 2.38. The zero-order valence-electron chi connectivity index (χ0n) is 10.4. The predicted octanol–water partition coefficient (Wildman–Crippen LogP) is 1.93. The molecule has 104 valence electrons. The van der Waals surface area contributed by atoms with E-state index in [1.807, 2.05) is 0 Å². The monoisotopic (exact) mass is 264 g/mol. The van der Waals surface area contributed by atoms with Crippen LogP contribution in [0, 0.1) is 5.41 Å². The van der Waals surface area contributed by atoms with E-state index in [-0.39, 0.29) is 5.91 Å². The third kappa shape index (κ3) is 3.37. The van der Waals surface area contributed by atoms with Crippen molar-refractivity contribution in [1.29, 1.82) is 0 Å². The third-order valence-corrected chi connectivity index (χ3v) is 4.13. The van der Waals surface area contributed by atoms with Gasteiger partial charge in [-0.1, -0.05) is 0 Å². The smallest absolute Gasteiger partial charge is 0.343 e. The van der Waals surface area contributed by atoms with Crippen LogP contribution in [0.1, 0.15) is 32.1 Å². The minimum Gasteiger partial charge on any atom is -0.343 e. The van der Waals surface area contributed by atoms with Gasteiger partial charge in [0, 0.05) is 26.1 Å². The largest absolute Gasteiger partial charge is 0.389 e. The van der Waals surface area contributed by atoms with Crippen LogP contribution < -0.4 is 5.32 Å². The fourth-order valence-electron chi connectivity index (χ4n) is 2.86. The van der Waals surface area contributed by atoms with Gasteiger partial charge in [-0.2, -0.15) is 13.2 Å². The van der Waals surface area contributed by atoms with Crippen LogP contribution in [0.2, 0.25) is 0 Å². The molecule has 0 atom stereocenters. The summed E-state index contributed by atoms with van der Waals surface area (Å²) >= 11 is 0. The van der Waals surface area contributed by atoms with E-state index in [1.54, 1.807) is 4.90 Å². The first-order valence-corrected chi connectivity index (χ1v) is 6.46. The number of hydrogen-bond acceptors (Lipinski definition) is 2. The molecular weight excluding hydrogens is 245 g/mol. The first kappa shape index (κ1) is 13.6. The number of alkyl halides is 3. The van der Waals surface area contributed by atoms with Gasteiger partial charge < -0.3 is 10.2 Å². The summed E-state index contributed by atoms with van der Waals surface area (Å²) in [5, 5.41) is 3.32. The van der Waals surface area contributed by atoms with Gasteiger partial charge in [-0.25, -0.2) is 0 Å². The first-order chi connectivity index (χ1) is 8.40. The molecule has 0 unspecified atom stereocenters. The summed E-state index contributed by atoms with van der Waals surface area (Å²) in [5.74, 6) is -0.354. The van der Waals surface area contributed by atoms with E-state index in [4.69, 9.17) is 0 Å². The Labute approximate surface area is 105 Å². The summed E-state index contributed by atoms with van der Waals surface area (Å²) in [7, 11) is 0. The molecule has 0 aromatic rings. The molecule has 2 aliphatic heterocycles. The summed E-state index contributed by atoms with van der Waals surface area (Å²) in [6, 6.07) is 0. The molecule has 2 saturated heterocycles. The highest BCUT2D eigenvalue weighted by atomic mass is 19.4. The number of hydrogen-bond donors (Lipinski definition) is 1. The number of carbonyl (C=O) groups is 1. The minimum atomic E-state index is -4.23. The summed E-state index contributed by atoms with van der Waals surface area (Å²) in [4.78, 5) is 13.3. The maximum absolute atomic E-state index is 12.0. The minimum absolute atomic E-state index is 0.292. The lowest BCUT2D eigenvalue weighted by atomic mass is 9.78. The van der Waals surface area contributed by atoms with Crippen LogP contribution in [0.25, 0.3) is 0 Å². The van der Waals surface area contributed by atoms with E-state index in [0.29, 0.717) is 18.5 Å². The van der Waals surface area contributed by atoms with E-state index < -0.39 is 19.0 Å². The van der Waals surface area contributed by atoms with Crippen molar-refractivity contribution in [3.05, 3.63) is 0 Å². The van der Waals surface area contributed by atoms with Crippen molar-refractivity contribution in [1.82, 2.24) is 10.2 Å². The molecule has 1 amide bonds. The van der Waals surface area contributed by atoms with E-state index in [2.05, 4.69) is 5.32 Å². The zero-order chi connectivity index (χ0) is 13.2. The molecule has 6 heteroatoms. The molecule has 1 spiro atoms. The van der Waals surface area contributed by atoms with Gasteiger partial charge in [0.2, 0.25) is 5.91 Å². The highest BCUT2D eigenvalue weighted by molar-refractivity contribution is 5.76. The fraction of sp³-hybridized carbons (Fsp3) is 0.917. The molecule has 3 nitrogen and oxygen atoms in total. The van der Waals surface area contributed by atoms with Crippen molar-refractivity contribution >= 4 is 5.91 Å². The Balaban J connectivity index is 1.77. The number of nitrogens with zero attached hydrogens (tertiary/aromatic N) is 1. The molecule has 2 fully saturated rings. The number of carbonyl (C=O) groups excluding carboxylic acids is 1. The SMILES string of the molecule is O=C(CCC(F)(F)F)N1CCC2(CCNC2)CC1. The Bertz CT molecular complexity index is 301. The Hall–Kier alpha value is -0.780. The van der Waals surface area contributed by atoms with Crippen molar-refractivity contribution in [3.63, 3.8) is 0 Å². The molecule has 2 aliphatic rings. The van der Waals surface area contributed by atoms with Gasteiger partial charge in [0.15, 0.2) is 0 Å². The second-order valence-corrected chi connectivity index (χ2v) is 5.42. The van der Waals surface area contributed by atoms with Gasteiger partial charge in [-0.15, -0.1) is 0 Å². The maximum Gasteiger partial charge on any atom is 0.389 e. The van der Waals surface area contributed by atoms with Crippen LogP contribution >= 0.6 is 0 Å². The lowest BCUT2D eigenvalue weighted by Gasteiger charge is -2.39. The molecule has 18 heavy (non-hydrogen) atoms. The van der Waals surface area contributed by atoms with Crippen LogP contribution in [0.3, 0.4) is 0 Å². The molecule has 2 heterocycles. The normalized spacial score (nSPS) is 23.6. The van der Waals surface area contributed by atoms with Crippen molar-refractivity contribution in [2.24, 2.45) is 5.41 Å². The Kier molecular flexibility index (Phi) is 3.84. The number of halogens is 3. The summed E-state index contributed by atoms with van der Waals surface area (Å²) in [5.41, 5.74) is 0.292. The topological polar surface area (TPSA) is 32.3 Å². The molecule has 0 aromatic carbocycles. The molecule has 0 aromatic heterocycles. The molecule has 0 radical (unpaired) electrons. The van der Waals surface area contributed by atoms with Gasteiger partial charge in [0.05, 0.1) is 6.42 Å². The van der Waals surface area contributed by atoms with E-state index in [9.17, 15) is 18.0 Å². The lowest BCUT2D eigenvalue weighted by molar-refractivity contribution is -0.150. The van der Waals surface area contributed by atoms with Gasteiger partial charge in [-0.3, -0.25) is 4.79 Å². The zero-order valence-corrected chi connectivity index (χ0v) is 10.4. The van der Waals surface area contributed by atoms with Crippen LogP contribution in [-0.4, -0.2) is 43.2 Å². The summed E-state index contributed by atoms with van der Waals surface area (Å²) in [6.07, 6.45) is -2.70. The fourth-order valence-corrected chi connectivity index (χ4v) is 2.86. The van der Waals surface area contributed by atoms with Crippen LogP contribution in [0.4, 0.5) is 13.2 Å². The molecule has 2 rings (SSSR count). The maximum atomic E-state index is 12.0. The van der Waals surface area contributed by atoms with E-state index >= 15 is 0 Å². The van der Waals surface area contributed by atoms with Crippen molar-refractivity contribution in [3.8, 4) is 0 Å². The molecule has 1 N–H and O–H groups in total. The van der Waals surface area contributed by atoms with E-state index in [1.165, 1.54) is 0 Å². The van der Waals surface area contributed by atoms with Crippen molar-refractivity contribution < 1.29 is 18.0 Å². The van der Waals surface area contributed by atoms with Gasteiger partial charge in [0.25, 0.3) is 0 Å². The average molecular weight is 264 g/mol. The predicted molar refractivity (Wildman–Crippen MR) is 61.0 cm³/mol. The second-order valence-electron chi connectivity index (χ2n) is 5.42. The van der Waals surface area contributed by atoms with E-state index in [0.717, 1.165) is 32.4 Å². The average Bonchev–Trinajstić information content (AvgIpc) is 2.75. The summed E-state index contributed by atoms with van der Waals surface area (Å²) < 4.78 is 36.1. The van der Waals surface area contributed by atoms with Crippen molar-refractivity contribution in [2.75, 3.05) is 26.2 Å². The highest BCUT2D eigenvalue weighted by Crippen LogP contribution is 2.37. The number of rotatable bonds is 2. The Morgan fingerprint density at radius 3 is 2.39 bits per heavy atom. The Morgan fingerprint density at radius 1 is 1.22 bits per heavy atom. The number of likely N-dealkylation sites (tertiary alicyclic amines) is 1. The lowest BCUT2D eigenvalue weighted by Crippen LogP contribution is -2.44. The van der Waals surface area contributed by atoms with Gasteiger partial charge in [0.1, 0.15) is 0 Å². The number of nitrogens with one attached hydrogen (secondary N) is 1. The first-order valence-electron chi connectivity index (χ1n) is 6.46. The standard InChI is InChI=1S/C12H19F3N2O/c13-12(14,15)2-1-10(18)17-7-4-11(5-8-17)3-6-16-9-11/h16H,1-9H2. The van der Waals surface area contributed by atoms with Gasteiger partial charge in [-0.05, 0) is 31.2 Å². The Morgan fingerprint density at radius 2 is 1.89 bits per heavy atom. The molecule has 0 bridgehead atoms. The molecular formula is C12H19F3N2O.